The summed E-state index contributed by atoms with van der Waals surface area (Å²) in [5.41, 5.74) is 1.63. The molecule has 36 heavy (non-hydrogen) atoms. The first kappa shape index (κ1) is 24.9. The summed E-state index contributed by atoms with van der Waals surface area (Å²) in [5.74, 6) is -2.27. The first-order valence-corrected chi connectivity index (χ1v) is 16.4. The zero-order valence-corrected chi connectivity index (χ0v) is 24.7. The number of benzene rings is 1. The maximum Gasteiger partial charge on any atom is 0.191 e. The van der Waals surface area contributed by atoms with Crippen molar-refractivity contribution in [2.75, 3.05) is 0 Å². The van der Waals surface area contributed by atoms with Crippen LogP contribution in [-0.4, -0.2) is 44.5 Å². The smallest absolute Gasteiger partial charge is 0.191 e. The molecule has 6 unspecified atom stereocenters. The van der Waals surface area contributed by atoms with Gasteiger partial charge in [-0.1, -0.05) is 38.1 Å². The molecule has 0 aliphatic carbocycles. The van der Waals surface area contributed by atoms with Crippen molar-refractivity contribution >= 4 is 15.8 Å². The Kier molecular flexibility index (Phi) is 4.79. The fourth-order valence-corrected chi connectivity index (χ4v) is 17.0. The first-order chi connectivity index (χ1) is 16.5. The summed E-state index contributed by atoms with van der Waals surface area (Å²) >= 11 is 0. The predicted octanol–water partition coefficient (Wildman–Crippen LogP) is 7.12. The van der Waals surface area contributed by atoms with E-state index in [1.165, 1.54) is 11.1 Å². The average molecular weight is 535 g/mol. The molecule has 0 aromatic heterocycles. The Bertz CT molecular complexity index is 964. The Morgan fingerprint density at radius 3 is 1.11 bits per heavy atom. The second-order valence-corrected chi connectivity index (χ2v) is 19.7. The molecule has 0 amide bonds. The van der Waals surface area contributed by atoms with Crippen LogP contribution in [0.25, 0.3) is 0 Å². The molecule has 198 valence electrons. The SMILES string of the molecule is CC12C[C@@]3(C)OC(C)(O[C@@](C)(C1)O3)P2Cc1ccccc1CP1C2(C)C[C@@]3(C)OC1(C)O[C@@](C)(C2)O3. The quantitative estimate of drug-likeness (QED) is 0.384. The Labute approximate surface area is 217 Å². The van der Waals surface area contributed by atoms with E-state index < -0.39 is 50.0 Å². The van der Waals surface area contributed by atoms with E-state index in [2.05, 4.69) is 79.7 Å². The Balaban J connectivity index is 1.21. The second-order valence-electron chi connectivity index (χ2n) is 13.6. The fourth-order valence-electron chi connectivity index (χ4n) is 9.28. The summed E-state index contributed by atoms with van der Waals surface area (Å²) in [6.07, 6.45) is 5.66. The summed E-state index contributed by atoms with van der Waals surface area (Å²) < 4.78 is 38.8. The van der Waals surface area contributed by atoms with Gasteiger partial charge in [0.2, 0.25) is 0 Å². The molecular weight excluding hydrogens is 494 g/mol. The maximum absolute atomic E-state index is 6.57. The summed E-state index contributed by atoms with van der Waals surface area (Å²) in [5, 5.41) is 0.294. The third-order valence-electron chi connectivity index (χ3n) is 9.35. The van der Waals surface area contributed by atoms with Crippen molar-refractivity contribution in [2.45, 2.75) is 138 Å². The number of hydrogen-bond donors (Lipinski definition) is 0. The van der Waals surface area contributed by atoms with Crippen LogP contribution >= 0.6 is 15.8 Å². The molecule has 1 aromatic carbocycles. The predicted molar refractivity (Wildman–Crippen MR) is 140 cm³/mol. The topological polar surface area (TPSA) is 55.4 Å². The van der Waals surface area contributed by atoms with Crippen LogP contribution in [0.1, 0.15) is 92.2 Å². The molecule has 8 heteroatoms. The van der Waals surface area contributed by atoms with Gasteiger partial charge in [0.1, 0.15) is 0 Å². The lowest BCUT2D eigenvalue weighted by atomic mass is 9.88. The molecule has 8 heterocycles. The summed E-state index contributed by atoms with van der Waals surface area (Å²) in [7, 11) is -1.21. The van der Waals surface area contributed by atoms with Gasteiger partial charge in [0.15, 0.2) is 34.2 Å². The molecule has 6 nitrogen and oxygen atoms in total. The Morgan fingerprint density at radius 1 is 0.528 bits per heavy atom. The minimum atomic E-state index is -0.603. The minimum absolute atomic E-state index is 0.147. The van der Waals surface area contributed by atoms with Crippen molar-refractivity contribution in [2.24, 2.45) is 0 Å². The normalized spacial score (nSPS) is 58.6. The van der Waals surface area contributed by atoms with E-state index in [9.17, 15) is 0 Å². The van der Waals surface area contributed by atoms with E-state index in [0.717, 1.165) is 38.0 Å². The van der Waals surface area contributed by atoms with Gasteiger partial charge >= 0.3 is 0 Å². The number of ether oxygens (including phenoxy) is 6. The van der Waals surface area contributed by atoms with Gasteiger partial charge in [-0.05, 0) is 80.8 Å². The van der Waals surface area contributed by atoms with Crippen LogP contribution in [0, 0.1) is 0 Å². The molecule has 8 bridgehead atoms. The van der Waals surface area contributed by atoms with E-state index in [1.54, 1.807) is 0 Å². The van der Waals surface area contributed by atoms with E-state index in [0.29, 0.717) is 0 Å². The first-order valence-electron chi connectivity index (χ1n) is 13.3. The zero-order chi connectivity index (χ0) is 25.6. The van der Waals surface area contributed by atoms with Crippen molar-refractivity contribution in [3.05, 3.63) is 35.4 Å². The lowest BCUT2D eigenvalue weighted by Crippen LogP contribution is -2.71. The van der Waals surface area contributed by atoms with E-state index >= 15 is 0 Å². The van der Waals surface area contributed by atoms with Gasteiger partial charge in [-0.25, -0.2) is 0 Å². The van der Waals surface area contributed by atoms with Crippen molar-refractivity contribution in [3.8, 4) is 0 Å². The second kappa shape index (κ2) is 6.94. The molecule has 0 saturated carbocycles. The summed E-state index contributed by atoms with van der Waals surface area (Å²) in [4.78, 5) is 0. The highest BCUT2D eigenvalue weighted by Crippen LogP contribution is 2.79. The minimum Gasteiger partial charge on any atom is -0.319 e. The molecule has 0 radical (unpaired) electrons. The molecule has 8 saturated heterocycles. The maximum atomic E-state index is 6.57. The summed E-state index contributed by atoms with van der Waals surface area (Å²) in [6, 6.07) is 9.00. The van der Waals surface area contributed by atoms with Crippen molar-refractivity contribution in [1.82, 2.24) is 0 Å². The van der Waals surface area contributed by atoms with E-state index in [4.69, 9.17) is 28.4 Å². The van der Waals surface area contributed by atoms with Crippen molar-refractivity contribution < 1.29 is 28.4 Å². The molecule has 0 N–H and O–H groups in total. The molecule has 10 atom stereocenters. The molecule has 8 aliphatic heterocycles. The van der Waals surface area contributed by atoms with Crippen LogP contribution in [0.15, 0.2) is 24.3 Å². The molecule has 8 fully saturated rings. The average Bonchev–Trinajstić information content (AvgIpc) is 2.63. The largest absolute Gasteiger partial charge is 0.319 e. The summed E-state index contributed by atoms with van der Waals surface area (Å²) in [6.45, 7) is 17.5. The Hall–Kier alpha value is -0.160. The fraction of sp³-hybridized carbons (Fsp3) is 0.786. The highest BCUT2D eigenvalue weighted by atomic mass is 31.1. The van der Waals surface area contributed by atoms with Gasteiger partial charge in [-0.15, -0.1) is 0 Å². The highest BCUT2D eigenvalue weighted by molar-refractivity contribution is 7.60. The van der Waals surface area contributed by atoms with Crippen LogP contribution in [0.4, 0.5) is 0 Å². The van der Waals surface area contributed by atoms with Gasteiger partial charge < -0.3 is 28.4 Å². The highest BCUT2D eigenvalue weighted by Gasteiger charge is 2.72. The van der Waals surface area contributed by atoms with E-state index in [-0.39, 0.29) is 10.3 Å². The molecule has 1 aromatic rings. The molecule has 0 spiro atoms. The van der Waals surface area contributed by atoms with Gasteiger partial charge in [0.05, 0.1) is 0 Å². The standard InChI is InChI=1S/C28H40O6P2/c1-21-15-23(3)29-24(4,16-21)32-27(7,31-23)35(21)13-19-11-9-10-12-20(19)14-36-22(2)17-25(5)30-26(6,18-22)34-28(36,8)33-25/h9-12H,13-18H2,1-8H3/t21?,22?,23-,24+,25-,26+,27?,28?,35?,36?. The van der Waals surface area contributed by atoms with Crippen LogP contribution in [0.5, 0.6) is 0 Å². The van der Waals surface area contributed by atoms with Gasteiger partial charge in [0.25, 0.3) is 0 Å². The van der Waals surface area contributed by atoms with Gasteiger partial charge in [-0.3, -0.25) is 0 Å². The Morgan fingerprint density at radius 2 is 0.833 bits per heavy atom. The third kappa shape index (κ3) is 3.45. The van der Waals surface area contributed by atoms with Gasteiger partial charge in [-0.2, -0.15) is 0 Å². The van der Waals surface area contributed by atoms with Gasteiger partial charge in [0, 0.05) is 36.0 Å². The lowest BCUT2D eigenvalue weighted by Gasteiger charge is -2.70. The van der Waals surface area contributed by atoms with Crippen LogP contribution in [-0.2, 0) is 40.7 Å². The van der Waals surface area contributed by atoms with Crippen molar-refractivity contribution in [3.63, 3.8) is 0 Å². The van der Waals surface area contributed by atoms with Crippen LogP contribution in [0.3, 0.4) is 0 Å². The molecule has 9 rings (SSSR count). The third-order valence-corrected chi connectivity index (χ3v) is 16.2. The van der Waals surface area contributed by atoms with Crippen LogP contribution in [0.2, 0.25) is 0 Å². The van der Waals surface area contributed by atoms with Crippen LogP contribution < -0.4 is 0 Å². The van der Waals surface area contributed by atoms with E-state index in [1.807, 2.05) is 0 Å². The van der Waals surface area contributed by atoms with Crippen molar-refractivity contribution in [1.29, 1.82) is 0 Å². The molecular formula is C28H40O6P2. The number of rotatable bonds is 4. The number of hydrogen-bond acceptors (Lipinski definition) is 6. The molecule has 8 aliphatic rings. The lowest BCUT2D eigenvalue weighted by molar-refractivity contribution is -0.501. The zero-order valence-electron chi connectivity index (χ0n) is 22.9. The monoisotopic (exact) mass is 534 g/mol.